The van der Waals surface area contributed by atoms with Crippen LogP contribution in [-0.4, -0.2) is 32.9 Å². The lowest BCUT2D eigenvalue weighted by atomic mass is 10.2. The van der Waals surface area contributed by atoms with E-state index in [1.54, 1.807) is 13.8 Å². The van der Waals surface area contributed by atoms with E-state index >= 15 is 0 Å². The molecular weight excluding hydrogens is 295 g/mol. The summed E-state index contributed by atoms with van der Waals surface area (Å²) in [6, 6.07) is 4.61. The molecule has 0 aliphatic heterocycles. The summed E-state index contributed by atoms with van der Waals surface area (Å²) in [5.41, 5.74) is 0.0115. The number of nitriles is 1. The van der Waals surface area contributed by atoms with Crippen LogP contribution in [0.4, 0.5) is 4.39 Å². The molecule has 0 amide bonds. The quantitative estimate of drug-likeness (QED) is 0.808. The Bertz CT molecular complexity index is 653. The molecule has 1 atom stereocenters. The molecule has 21 heavy (non-hydrogen) atoms. The number of sulfonamides is 1. The van der Waals surface area contributed by atoms with E-state index in [-0.39, 0.29) is 29.3 Å². The van der Waals surface area contributed by atoms with Crippen molar-refractivity contribution in [2.45, 2.75) is 25.7 Å². The van der Waals surface area contributed by atoms with Gasteiger partial charge in [-0.05, 0) is 26.0 Å². The minimum absolute atomic E-state index is 0.000101. The van der Waals surface area contributed by atoms with Crippen molar-refractivity contribution in [3.05, 3.63) is 23.5 Å². The molecule has 0 radical (unpaired) electrons. The van der Waals surface area contributed by atoms with Crippen LogP contribution in [0.1, 0.15) is 19.4 Å². The Labute approximate surface area is 125 Å². The molecule has 0 unspecified atom stereocenters. The summed E-state index contributed by atoms with van der Waals surface area (Å²) in [6.45, 7) is 4.99. The van der Waals surface area contributed by atoms with Crippen molar-refractivity contribution >= 4 is 10.0 Å². The molecule has 0 N–H and O–H groups in total. The summed E-state index contributed by atoms with van der Waals surface area (Å²) in [4.78, 5) is -0.104. The zero-order valence-corrected chi connectivity index (χ0v) is 13.4. The van der Waals surface area contributed by atoms with E-state index in [0.717, 1.165) is 0 Å². The van der Waals surface area contributed by atoms with Crippen molar-refractivity contribution in [3.8, 4) is 11.8 Å². The van der Waals surface area contributed by atoms with Gasteiger partial charge in [-0.25, -0.2) is 12.8 Å². The Morgan fingerprint density at radius 1 is 1.48 bits per heavy atom. The van der Waals surface area contributed by atoms with E-state index in [4.69, 9.17) is 10.00 Å². The molecule has 0 fully saturated rings. The smallest absolute Gasteiger partial charge is 0.243 e. The molecule has 0 aliphatic rings. The lowest BCUT2D eigenvalue weighted by Crippen LogP contribution is -2.34. The predicted octanol–water partition coefficient (Wildman–Crippen LogP) is 2.31. The molecule has 1 aromatic carbocycles. The van der Waals surface area contributed by atoms with Gasteiger partial charge in [0.25, 0.3) is 0 Å². The van der Waals surface area contributed by atoms with Crippen LogP contribution in [0.3, 0.4) is 0 Å². The van der Waals surface area contributed by atoms with Crippen molar-refractivity contribution in [2.75, 3.05) is 20.2 Å². The van der Waals surface area contributed by atoms with E-state index in [0.29, 0.717) is 0 Å². The molecule has 0 spiro atoms. The summed E-state index contributed by atoms with van der Waals surface area (Å²) < 4.78 is 45.2. The first-order valence-corrected chi connectivity index (χ1v) is 7.96. The summed E-state index contributed by atoms with van der Waals surface area (Å²) >= 11 is 0. The van der Waals surface area contributed by atoms with E-state index in [2.05, 4.69) is 0 Å². The molecular formula is C14H19FN2O3S. The van der Waals surface area contributed by atoms with Crippen LogP contribution < -0.4 is 4.74 Å². The van der Waals surface area contributed by atoms with Crippen molar-refractivity contribution in [2.24, 2.45) is 5.92 Å². The monoisotopic (exact) mass is 314 g/mol. The third-order valence-electron chi connectivity index (χ3n) is 3.19. The number of halogens is 1. The average Bonchev–Trinajstić information content (AvgIpc) is 2.46. The number of rotatable bonds is 6. The van der Waals surface area contributed by atoms with Crippen LogP contribution >= 0.6 is 0 Å². The molecule has 0 saturated carbocycles. The van der Waals surface area contributed by atoms with Crippen LogP contribution in [0.2, 0.25) is 0 Å². The maximum atomic E-state index is 14.0. The van der Waals surface area contributed by atoms with Crippen molar-refractivity contribution in [1.82, 2.24) is 4.31 Å². The number of nitrogens with zero attached hydrogens (tertiary/aromatic N) is 2. The van der Waals surface area contributed by atoms with Crippen molar-refractivity contribution in [3.63, 3.8) is 0 Å². The van der Waals surface area contributed by atoms with Crippen molar-refractivity contribution in [1.29, 1.82) is 5.26 Å². The van der Waals surface area contributed by atoms with Gasteiger partial charge < -0.3 is 4.74 Å². The SMILES string of the molecule is CCN(C[C@H](C)C#N)S(=O)(=O)c1ccc(OC)c(F)c1C. The van der Waals surface area contributed by atoms with Crippen LogP contribution in [-0.2, 0) is 10.0 Å². The summed E-state index contributed by atoms with van der Waals surface area (Å²) in [7, 11) is -2.53. The fourth-order valence-corrected chi connectivity index (χ4v) is 3.72. The molecule has 0 aliphatic carbocycles. The van der Waals surface area contributed by atoms with Gasteiger partial charge in [-0.15, -0.1) is 0 Å². The van der Waals surface area contributed by atoms with Crippen LogP contribution in [0.15, 0.2) is 17.0 Å². The molecule has 0 aromatic heterocycles. The molecule has 5 nitrogen and oxygen atoms in total. The van der Waals surface area contributed by atoms with E-state index in [1.807, 2.05) is 6.07 Å². The fourth-order valence-electron chi connectivity index (χ4n) is 1.96. The van der Waals surface area contributed by atoms with Gasteiger partial charge in [-0.1, -0.05) is 6.92 Å². The maximum absolute atomic E-state index is 14.0. The number of methoxy groups -OCH3 is 1. The first-order valence-electron chi connectivity index (χ1n) is 6.52. The van der Waals surface area contributed by atoms with Crippen LogP contribution in [0.5, 0.6) is 5.75 Å². The highest BCUT2D eigenvalue weighted by Gasteiger charge is 2.28. The second-order valence-electron chi connectivity index (χ2n) is 4.69. The summed E-state index contributed by atoms with van der Waals surface area (Å²) in [6.07, 6.45) is 0. The summed E-state index contributed by atoms with van der Waals surface area (Å²) in [5.74, 6) is -1.13. The Balaban J connectivity index is 3.30. The minimum Gasteiger partial charge on any atom is -0.494 e. The third kappa shape index (κ3) is 3.52. The first-order chi connectivity index (χ1) is 9.79. The van der Waals surface area contributed by atoms with E-state index < -0.39 is 21.8 Å². The standard InChI is InChI=1S/C14H19FN2O3S/c1-5-17(9-10(2)8-16)21(18,19)13-7-6-12(20-4)14(15)11(13)3/h6-7,10H,5,9H2,1-4H3/t10-/m1/s1. The van der Waals surface area contributed by atoms with Gasteiger partial charge in [0.15, 0.2) is 11.6 Å². The number of hydrogen-bond donors (Lipinski definition) is 0. The van der Waals surface area contributed by atoms with Gasteiger partial charge in [0.2, 0.25) is 10.0 Å². The molecule has 116 valence electrons. The highest BCUT2D eigenvalue weighted by atomic mass is 32.2. The molecule has 1 rings (SSSR count). The Morgan fingerprint density at radius 2 is 2.10 bits per heavy atom. The average molecular weight is 314 g/mol. The lowest BCUT2D eigenvalue weighted by Gasteiger charge is -2.22. The van der Waals surface area contributed by atoms with Crippen LogP contribution in [0.25, 0.3) is 0 Å². The Kier molecular flexibility index (Phi) is 5.70. The maximum Gasteiger partial charge on any atom is 0.243 e. The van der Waals surface area contributed by atoms with Gasteiger partial charge >= 0.3 is 0 Å². The highest BCUT2D eigenvalue weighted by molar-refractivity contribution is 7.89. The number of ether oxygens (including phenoxy) is 1. The molecule has 7 heteroatoms. The zero-order valence-electron chi connectivity index (χ0n) is 12.6. The second kappa shape index (κ2) is 6.87. The zero-order chi connectivity index (χ0) is 16.2. The van der Waals surface area contributed by atoms with Gasteiger partial charge in [-0.3, -0.25) is 0 Å². The van der Waals surface area contributed by atoms with Crippen molar-refractivity contribution < 1.29 is 17.5 Å². The Morgan fingerprint density at radius 3 is 2.57 bits per heavy atom. The minimum atomic E-state index is -3.85. The molecule has 0 bridgehead atoms. The van der Waals surface area contributed by atoms with E-state index in [9.17, 15) is 12.8 Å². The van der Waals surface area contributed by atoms with Gasteiger partial charge in [-0.2, -0.15) is 9.57 Å². The number of benzene rings is 1. The third-order valence-corrected chi connectivity index (χ3v) is 5.27. The van der Waals surface area contributed by atoms with Crippen LogP contribution in [0, 0.1) is 30.0 Å². The topological polar surface area (TPSA) is 70.4 Å². The van der Waals surface area contributed by atoms with Gasteiger partial charge in [0, 0.05) is 18.7 Å². The highest BCUT2D eigenvalue weighted by Crippen LogP contribution is 2.28. The first kappa shape index (κ1) is 17.4. The largest absolute Gasteiger partial charge is 0.494 e. The summed E-state index contributed by atoms with van der Waals surface area (Å²) in [5, 5.41) is 8.83. The molecule has 0 saturated heterocycles. The molecule has 1 aromatic rings. The number of hydrogen-bond acceptors (Lipinski definition) is 4. The Hall–Kier alpha value is -1.65. The van der Waals surface area contributed by atoms with Gasteiger partial charge in [0.1, 0.15) is 0 Å². The van der Waals surface area contributed by atoms with E-state index in [1.165, 1.54) is 30.5 Å². The second-order valence-corrected chi connectivity index (χ2v) is 6.60. The predicted molar refractivity (Wildman–Crippen MR) is 76.9 cm³/mol. The molecule has 0 heterocycles. The normalized spacial score (nSPS) is 13.0. The van der Waals surface area contributed by atoms with Gasteiger partial charge in [0.05, 0.1) is 24.0 Å². The lowest BCUT2D eigenvalue weighted by molar-refractivity contribution is 0.381. The fraction of sp³-hybridized carbons (Fsp3) is 0.500.